The molecule has 0 radical (unpaired) electrons. The third-order valence-electron chi connectivity index (χ3n) is 12.4. The fourth-order valence-electron chi connectivity index (χ4n) is 7.97. The molecule has 0 heterocycles. The van der Waals surface area contributed by atoms with E-state index in [9.17, 15) is 19.5 Å². The molecule has 0 aliphatic heterocycles. The van der Waals surface area contributed by atoms with Gasteiger partial charge in [-0.1, -0.05) is 211 Å². The minimum absolute atomic E-state index is 0.147. The van der Waals surface area contributed by atoms with Crippen molar-refractivity contribution in [3.8, 4) is 0 Å². The average Bonchev–Trinajstić information content (AvgIpc) is 3.29. The minimum atomic E-state index is -1.62. The fourth-order valence-corrected chi connectivity index (χ4v) is 7.97. The van der Waals surface area contributed by atoms with Crippen molar-refractivity contribution in [2.45, 2.75) is 270 Å². The predicted molar refractivity (Wildman–Crippen MR) is 279 cm³/mol. The van der Waals surface area contributed by atoms with Crippen molar-refractivity contribution < 1.29 is 42.9 Å². The van der Waals surface area contributed by atoms with Crippen LogP contribution in [0.25, 0.3) is 0 Å². The number of aliphatic carboxylic acids is 1. The lowest BCUT2D eigenvalue weighted by Crippen LogP contribution is -2.44. The molecule has 0 aromatic rings. The van der Waals surface area contributed by atoms with Crippen LogP contribution in [0, 0.1) is 0 Å². The maximum atomic E-state index is 12.8. The van der Waals surface area contributed by atoms with E-state index in [0.717, 1.165) is 51.4 Å². The Hall–Kier alpha value is -2.49. The summed E-state index contributed by atoms with van der Waals surface area (Å²) < 4.78 is 22.7. The number of allylic oxidation sites excluding steroid dienone is 6. The zero-order chi connectivity index (χ0) is 49.2. The summed E-state index contributed by atoms with van der Waals surface area (Å²) in [6.07, 6.45) is 56.1. The highest BCUT2D eigenvalue weighted by Crippen LogP contribution is 2.16. The van der Waals surface area contributed by atoms with Gasteiger partial charge in [0.25, 0.3) is 0 Å². The van der Waals surface area contributed by atoms with Crippen LogP contribution >= 0.6 is 0 Å². The molecule has 0 bridgehead atoms. The average molecular weight is 946 g/mol. The summed E-state index contributed by atoms with van der Waals surface area (Å²) in [7, 11) is 5.92. The Morgan fingerprint density at radius 1 is 0.448 bits per heavy atom. The zero-order valence-corrected chi connectivity index (χ0v) is 44.5. The molecule has 0 aromatic heterocycles. The Bertz CT molecular complexity index is 1190. The van der Waals surface area contributed by atoms with E-state index in [4.69, 9.17) is 18.9 Å². The van der Waals surface area contributed by atoms with E-state index in [0.29, 0.717) is 23.9 Å². The van der Waals surface area contributed by atoms with Crippen LogP contribution in [0.4, 0.5) is 0 Å². The minimum Gasteiger partial charge on any atom is -0.545 e. The third kappa shape index (κ3) is 51.2. The lowest BCUT2D eigenvalue weighted by atomic mass is 10.0. The summed E-state index contributed by atoms with van der Waals surface area (Å²) >= 11 is 0. The Balaban J connectivity index is 4.22. The number of carboxylic acids is 1. The summed E-state index contributed by atoms with van der Waals surface area (Å²) in [6, 6.07) is 0. The van der Waals surface area contributed by atoms with Gasteiger partial charge in [0.15, 0.2) is 12.4 Å². The van der Waals surface area contributed by atoms with Gasteiger partial charge in [-0.25, -0.2) is 0 Å². The molecule has 9 heteroatoms. The van der Waals surface area contributed by atoms with E-state index >= 15 is 0 Å². The van der Waals surface area contributed by atoms with Gasteiger partial charge < -0.3 is 33.3 Å². The van der Waals surface area contributed by atoms with Crippen molar-refractivity contribution in [2.75, 3.05) is 47.5 Å². The van der Waals surface area contributed by atoms with E-state index in [1.54, 1.807) is 0 Å². The van der Waals surface area contributed by atoms with Crippen LogP contribution in [-0.4, -0.2) is 82.3 Å². The molecule has 0 rings (SSSR count). The number of esters is 2. The van der Waals surface area contributed by atoms with Gasteiger partial charge >= 0.3 is 11.9 Å². The van der Waals surface area contributed by atoms with Crippen LogP contribution < -0.4 is 5.11 Å². The van der Waals surface area contributed by atoms with Gasteiger partial charge in [-0.15, -0.1) is 0 Å². The number of unbranched alkanes of at least 4 members (excludes halogenated alkanes) is 31. The second kappa shape index (κ2) is 49.9. The Morgan fingerprint density at radius 2 is 0.806 bits per heavy atom. The first-order chi connectivity index (χ1) is 32.6. The Kier molecular flexibility index (Phi) is 48.1. The SMILES string of the molecule is CCCCC/C=C\C/C=C\CCCCCCCCCC(=O)OC(COC(=O)CCCCCCCCCCCCCCC/C=C\CCCCCCCCCC)COC(OCC[N+](C)(C)C)C(=O)[O-]. The van der Waals surface area contributed by atoms with Crippen LogP contribution in [-0.2, 0) is 33.3 Å². The molecule has 0 amide bonds. The number of quaternary nitrogens is 1. The van der Waals surface area contributed by atoms with E-state index in [2.05, 4.69) is 50.3 Å². The summed E-state index contributed by atoms with van der Waals surface area (Å²) in [5.74, 6) is -2.28. The highest BCUT2D eigenvalue weighted by molar-refractivity contribution is 5.70. The molecular weight excluding hydrogens is 839 g/mol. The van der Waals surface area contributed by atoms with Crippen molar-refractivity contribution in [1.29, 1.82) is 0 Å². The number of likely N-dealkylation sites (N-methyl/N-ethyl adjacent to an activating group) is 1. The molecule has 67 heavy (non-hydrogen) atoms. The monoisotopic (exact) mass is 946 g/mol. The molecular formula is C58H107NO8. The molecule has 9 nitrogen and oxygen atoms in total. The van der Waals surface area contributed by atoms with E-state index < -0.39 is 24.3 Å². The van der Waals surface area contributed by atoms with Crippen molar-refractivity contribution in [2.24, 2.45) is 0 Å². The quantitative estimate of drug-likeness (QED) is 0.0195. The molecule has 0 aliphatic rings. The topological polar surface area (TPSA) is 111 Å². The highest BCUT2D eigenvalue weighted by Gasteiger charge is 2.22. The number of ether oxygens (including phenoxy) is 4. The van der Waals surface area contributed by atoms with E-state index in [-0.39, 0.29) is 32.2 Å². The summed E-state index contributed by atoms with van der Waals surface area (Å²) in [4.78, 5) is 37.2. The smallest absolute Gasteiger partial charge is 0.306 e. The number of carboxylic acid groups (broad SMARTS) is 1. The number of carbonyl (C=O) groups excluding carboxylic acids is 3. The number of hydrogen-bond acceptors (Lipinski definition) is 8. The highest BCUT2D eigenvalue weighted by atomic mass is 16.7. The standard InChI is InChI=1S/C58H107NO8/c1-6-8-10-12-14-16-18-20-22-24-25-26-27-28-29-30-31-33-34-36-38-40-42-44-46-48-55(60)65-52-54(53-66-58(57(62)63)64-51-50-59(3,4)5)67-56(61)49-47-45-43-41-39-37-35-32-23-21-19-17-15-13-11-9-7-2/h15,17,21,23-25,54,58H,6-14,16,18-20,22,26-53H2,1-5H3/b17-15-,23-21-,25-24-. The molecule has 2 atom stereocenters. The molecule has 0 aromatic carbocycles. The molecule has 392 valence electrons. The first kappa shape index (κ1) is 64.5. The molecule has 2 unspecified atom stereocenters. The van der Waals surface area contributed by atoms with Gasteiger partial charge in [0.2, 0.25) is 0 Å². The number of rotatable bonds is 52. The normalized spacial score (nSPS) is 13.0. The lowest BCUT2D eigenvalue weighted by molar-refractivity contribution is -0.870. The van der Waals surface area contributed by atoms with Crippen LogP contribution in [0.3, 0.4) is 0 Å². The summed E-state index contributed by atoms with van der Waals surface area (Å²) in [6.45, 7) is 4.74. The van der Waals surface area contributed by atoms with Crippen molar-refractivity contribution in [1.82, 2.24) is 0 Å². The maximum Gasteiger partial charge on any atom is 0.306 e. The van der Waals surface area contributed by atoms with Crippen molar-refractivity contribution in [3.63, 3.8) is 0 Å². The molecule has 0 aliphatic carbocycles. The van der Waals surface area contributed by atoms with Gasteiger partial charge in [-0.05, 0) is 70.6 Å². The zero-order valence-electron chi connectivity index (χ0n) is 44.5. The lowest BCUT2D eigenvalue weighted by Gasteiger charge is -2.26. The molecule has 0 saturated heterocycles. The van der Waals surface area contributed by atoms with Gasteiger partial charge in [-0.2, -0.15) is 0 Å². The summed E-state index contributed by atoms with van der Waals surface area (Å²) in [5.41, 5.74) is 0. The first-order valence-corrected chi connectivity index (χ1v) is 28.1. The summed E-state index contributed by atoms with van der Waals surface area (Å²) in [5, 5.41) is 11.8. The Labute approximate surface area is 413 Å². The molecule has 0 spiro atoms. The Morgan fingerprint density at radius 3 is 1.22 bits per heavy atom. The van der Waals surface area contributed by atoms with Crippen LogP contribution in [0.1, 0.15) is 258 Å². The second-order valence-electron chi connectivity index (χ2n) is 20.2. The number of nitrogens with zero attached hydrogens (tertiary/aromatic N) is 1. The predicted octanol–water partition coefficient (Wildman–Crippen LogP) is 14.8. The maximum absolute atomic E-state index is 12.8. The van der Waals surface area contributed by atoms with Gasteiger partial charge in [-0.3, -0.25) is 9.59 Å². The van der Waals surface area contributed by atoms with Crippen molar-refractivity contribution in [3.05, 3.63) is 36.5 Å². The van der Waals surface area contributed by atoms with Crippen molar-refractivity contribution >= 4 is 17.9 Å². The third-order valence-corrected chi connectivity index (χ3v) is 12.4. The van der Waals surface area contributed by atoms with E-state index in [1.807, 2.05) is 21.1 Å². The van der Waals surface area contributed by atoms with Crippen LogP contribution in [0.5, 0.6) is 0 Å². The fraction of sp³-hybridized carbons (Fsp3) is 0.845. The van der Waals surface area contributed by atoms with Crippen LogP contribution in [0.2, 0.25) is 0 Å². The second-order valence-corrected chi connectivity index (χ2v) is 20.2. The molecule has 0 N–H and O–H groups in total. The van der Waals surface area contributed by atoms with E-state index in [1.165, 1.54) is 173 Å². The number of hydrogen-bond donors (Lipinski definition) is 0. The van der Waals surface area contributed by atoms with Gasteiger partial charge in [0.1, 0.15) is 13.2 Å². The first-order valence-electron chi connectivity index (χ1n) is 28.1. The largest absolute Gasteiger partial charge is 0.545 e. The van der Waals surface area contributed by atoms with Gasteiger partial charge in [0, 0.05) is 12.8 Å². The molecule has 0 fully saturated rings. The molecule has 0 saturated carbocycles. The number of carbonyl (C=O) groups is 3. The van der Waals surface area contributed by atoms with Gasteiger partial charge in [0.05, 0.1) is 40.3 Å². The van der Waals surface area contributed by atoms with Crippen LogP contribution in [0.15, 0.2) is 36.5 Å².